The van der Waals surface area contributed by atoms with Gasteiger partial charge in [-0.05, 0) is 85.7 Å². The first-order chi connectivity index (χ1) is 20.4. The van der Waals surface area contributed by atoms with Crippen LogP contribution < -0.4 is 9.64 Å². The summed E-state index contributed by atoms with van der Waals surface area (Å²) in [5, 5.41) is 0. The molecule has 1 aliphatic heterocycles. The number of rotatable bonds is 7. The van der Waals surface area contributed by atoms with E-state index in [1.807, 2.05) is 13.8 Å². The molecule has 44 heavy (non-hydrogen) atoms. The summed E-state index contributed by atoms with van der Waals surface area (Å²) in [5.74, 6) is 0.977. The summed E-state index contributed by atoms with van der Waals surface area (Å²) in [4.78, 5) is 28.9. The average molecular weight is 629 g/mol. The molecule has 4 rings (SSSR count). The lowest BCUT2D eigenvalue weighted by molar-refractivity contribution is -0.143. The molecule has 13 heteroatoms. The fourth-order valence-corrected chi connectivity index (χ4v) is 5.51. The number of hydrogen-bond donors (Lipinski definition) is 0. The van der Waals surface area contributed by atoms with Gasteiger partial charge in [-0.3, -0.25) is 9.80 Å². The Labute approximate surface area is 251 Å². The van der Waals surface area contributed by atoms with E-state index in [2.05, 4.69) is 0 Å². The number of allylic oxidation sites excluding steroid dienone is 1. The number of methoxy groups -OCH3 is 1. The van der Waals surface area contributed by atoms with Gasteiger partial charge in [0, 0.05) is 25.2 Å². The van der Waals surface area contributed by atoms with Crippen molar-refractivity contribution in [1.82, 2.24) is 4.90 Å². The maximum Gasteiger partial charge on any atom is 0.419 e. The molecule has 0 radical (unpaired) electrons. The summed E-state index contributed by atoms with van der Waals surface area (Å²) in [6.45, 7) is 7.51. The van der Waals surface area contributed by atoms with Crippen molar-refractivity contribution >= 4 is 17.9 Å². The SMILES string of the molecule is CCN(C(=O)OC1=C(CN2C(=O)O[C@H](c3cc(C(F)(F)F)cc(C(F)(F)F)c3)[C@@H]2C)CC(C)(C)CC1)c1ccc(OC)cc1. The fraction of sp³-hybridized carbons (Fsp3) is 0.484. The second-order valence-corrected chi connectivity index (χ2v) is 11.7. The Morgan fingerprint density at radius 1 is 1.05 bits per heavy atom. The Hall–Kier alpha value is -3.90. The molecule has 0 saturated carbocycles. The van der Waals surface area contributed by atoms with Gasteiger partial charge in [0.15, 0.2) is 0 Å². The molecule has 7 nitrogen and oxygen atoms in total. The Kier molecular flexibility index (Phi) is 9.18. The van der Waals surface area contributed by atoms with Crippen molar-refractivity contribution in [3.8, 4) is 5.75 Å². The van der Waals surface area contributed by atoms with Crippen molar-refractivity contribution in [3.63, 3.8) is 0 Å². The molecule has 0 unspecified atom stereocenters. The fourth-order valence-electron chi connectivity index (χ4n) is 5.51. The first-order valence-electron chi connectivity index (χ1n) is 14.0. The number of carbonyl (C=O) groups excluding carboxylic acids is 2. The third-order valence-electron chi connectivity index (χ3n) is 7.94. The van der Waals surface area contributed by atoms with E-state index in [1.54, 1.807) is 31.2 Å². The highest BCUT2D eigenvalue weighted by Gasteiger charge is 2.44. The van der Waals surface area contributed by atoms with Crippen molar-refractivity contribution in [2.75, 3.05) is 25.1 Å². The molecule has 1 fully saturated rings. The minimum Gasteiger partial charge on any atom is -0.497 e. The normalized spacial score (nSPS) is 20.4. The van der Waals surface area contributed by atoms with Crippen molar-refractivity contribution in [2.24, 2.45) is 5.41 Å². The molecule has 0 spiro atoms. The van der Waals surface area contributed by atoms with Crippen LogP contribution in [0.3, 0.4) is 0 Å². The van der Waals surface area contributed by atoms with Gasteiger partial charge < -0.3 is 14.2 Å². The number of hydrogen-bond acceptors (Lipinski definition) is 5. The lowest BCUT2D eigenvalue weighted by Crippen LogP contribution is -2.37. The maximum absolute atomic E-state index is 13.5. The van der Waals surface area contributed by atoms with Gasteiger partial charge in [0.05, 0.1) is 24.3 Å². The second kappa shape index (κ2) is 12.2. The van der Waals surface area contributed by atoms with Gasteiger partial charge in [0.1, 0.15) is 17.6 Å². The molecule has 1 aliphatic carbocycles. The zero-order chi connectivity index (χ0) is 32.6. The predicted octanol–water partition coefficient (Wildman–Crippen LogP) is 8.74. The van der Waals surface area contributed by atoms with Gasteiger partial charge in [-0.2, -0.15) is 26.3 Å². The first-order valence-corrected chi connectivity index (χ1v) is 14.0. The minimum absolute atomic E-state index is 0.0315. The third kappa shape index (κ3) is 7.24. The summed E-state index contributed by atoms with van der Waals surface area (Å²) in [6.07, 6.45) is -11.5. The molecular formula is C31H34F6N2O5. The lowest BCUT2D eigenvalue weighted by Gasteiger charge is -2.35. The van der Waals surface area contributed by atoms with E-state index in [0.29, 0.717) is 60.7 Å². The van der Waals surface area contributed by atoms with E-state index < -0.39 is 53.4 Å². The van der Waals surface area contributed by atoms with Crippen LogP contribution in [0.1, 0.15) is 69.8 Å². The number of ether oxygens (including phenoxy) is 3. The smallest absolute Gasteiger partial charge is 0.419 e. The average Bonchev–Trinajstić information content (AvgIpc) is 3.22. The highest BCUT2D eigenvalue weighted by Crippen LogP contribution is 2.43. The van der Waals surface area contributed by atoms with Crippen molar-refractivity contribution in [1.29, 1.82) is 0 Å². The number of carbonyl (C=O) groups is 2. The number of anilines is 1. The molecule has 1 saturated heterocycles. The highest BCUT2D eigenvalue weighted by atomic mass is 19.4. The topological polar surface area (TPSA) is 68.3 Å². The lowest BCUT2D eigenvalue weighted by atomic mass is 9.76. The molecule has 2 atom stereocenters. The van der Waals surface area contributed by atoms with Crippen LogP contribution in [0.15, 0.2) is 53.8 Å². The largest absolute Gasteiger partial charge is 0.497 e. The van der Waals surface area contributed by atoms with Gasteiger partial charge in [-0.15, -0.1) is 0 Å². The number of cyclic esters (lactones) is 1. The Morgan fingerprint density at radius 3 is 2.16 bits per heavy atom. The van der Waals surface area contributed by atoms with Crippen LogP contribution in [0.25, 0.3) is 0 Å². The van der Waals surface area contributed by atoms with Crippen LogP contribution in [-0.2, 0) is 21.8 Å². The number of nitrogens with zero attached hydrogens (tertiary/aromatic N) is 2. The molecule has 2 aliphatic rings. The summed E-state index contributed by atoms with van der Waals surface area (Å²) >= 11 is 0. The number of alkyl halides is 6. The van der Waals surface area contributed by atoms with E-state index in [0.717, 1.165) is 0 Å². The van der Waals surface area contributed by atoms with Crippen LogP contribution in [0.5, 0.6) is 5.75 Å². The number of amides is 2. The van der Waals surface area contributed by atoms with Crippen LogP contribution in [-0.4, -0.2) is 43.3 Å². The molecular weight excluding hydrogens is 594 g/mol. The van der Waals surface area contributed by atoms with E-state index in [-0.39, 0.29) is 18.0 Å². The Morgan fingerprint density at radius 2 is 1.64 bits per heavy atom. The molecule has 1 heterocycles. The van der Waals surface area contributed by atoms with Crippen molar-refractivity contribution in [2.45, 2.75) is 71.5 Å². The maximum atomic E-state index is 13.5. The van der Waals surface area contributed by atoms with Gasteiger partial charge in [0.2, 0.25) is 0 Å². The Balaban J connectivity index is 1.62. The highest BCUT2D eigenvalue weighted by molar-refractivity contribution is 5.88. The van der Waals surface area contributed by atoms with E-state index in [1.165, 1.54) is 23.8 Å². The minimum atomic E-state index is -5.04. The molecule has 0 N–H and O–H groups in total. The molecule has 240 valence electrons. The van der Waals surface area contributed by atoms with Gasteiger partial charge >= 0.3 is 24.5 Å². The third-order valence-corrected chi connectivity index (χ3v) is 7.94. The first kappa shape index (κ1) is 33.0. The quantitative estimate of drug-likeness (QED) is 0.287. The van der Waals surface area contributed by atoms with E-state index >= 15 is 0 Å². The van der Waals surface area contributed by atoms with Crippen molar-refractivity contribution in [3.05, 3.63) is 70.5 Å². The predicted molar refractivity (Wildman–Crippen MR) is 149 cm³/mol. The summed E-state index contributed by atoms with van der Waals surface area (Å²) in [7, 11) is 1.53. The zero-order valence-corrected chi connectivity index (χ0v) is 24.9. The second-order valence-electron chi connectivity index (χ2n) is 11.7. The van der Waals surface area contributed by atoms with Crippen LogP contribution in [0, 0.1) is 5.41 Å². The number of benzene rings is 2. The van der Waals surface area contributed by atoms with Crippen LogP contribution in [0.2, 0.25) is 0 Å². The Bertz CT molecular complexity index is 1390. The molecule has 2 aromatic rings. The van der Waals surface area contributed by atoms with Gasteiger partial charge in [-0.25, -0.2) is 9.59 Å². The standard InChI is InChI=1S/C31H34F6N2O5/c1-6-38(23-7-9-24(42-5)10-8-23)27(40)43-25-11-12-29(3,4)16-20(25)17-39-18(2)26(44-28(39)41)19-13-21(30(32,33)34)15-22(14-19)31(35,36)37/h7-10,13-15,18,26H,6,11-12,16-17H2,1-5H3/t18-,26-/m0/s1. The monoisotopic (exact) mass is 628 g/mol. The number of halogens is 6. The summed E-state index contributed by atoms with van der Waals surface area (Å²) < 4.78 is 97.3. The summed E-state index contributed by atoms with van der Waals surface area (Å²) in [5.41, 5.74) is -2.43. The van der Waals surface area contributed by atoms with Crippen molar-refractivity contribution < 1.29 is 50.1 Å². The zero-order valence-electron chi connectivity index (χ0n) is 24.9. The molecule has 0 aromatic heterocycles. The molecule has 2 amide bonds. The molecule has 0 bridgehead atoms. The van der Waals surface area contributed by atoms with E-state index in [4.69, 9.17) is 14.2 Å². The molecule has 2 aromatic carbocycles. The van der Waals surface area contributed by atoms with Crippen LogP contribution in [0.4, 0.5) is 41.6 Å². The van der Waals surface area contributed by atoms with Gasteiger partial charge in [0.25, 0.3) is 0 Å². The van der Waals surface area contributed by atoms with Gasteiger partial charge in [-0.1, -0.05) is 13.8 Å². The van der Waals surface area contributed by atoms with E-state index in [9.17, 15) is 35.9 Å². The van der Waals surface area contributed by atoms with Crippen LogP contribution >= 0.6 is 0 Å². The summed E-state index contributed by atoms with van der Waals surface area (Å²) in [6, 6.07) is 7.09.